The highest BCUT2D eigenvalue weighted by Crippen LogP contribution is 2.32. The lowest BCUT2D eigenvalue weighted by molar-refractivity contribution is -0.114. The van der Waals surface area contributed by atoms with Crippen molar-refractivity contribution in [1.29, 1.82) is 0 Å². The Labute approximate surface area is 128 Å². The molecule has 0 saturated heterocycles. The van der Waals surface area contributed by atoms with Crippen LogP contribution in [0.1, 0.15) is 16.8 Å². The van der Waals surface area contributed by atoms with E-state index in [0.29, 0.717) is 11.8 Å². The van der Waals surface area contributed by atoms with E-state index in [1.807, 2.05) is 0 Å². The summed E-state index contributed by atoms with van der Waals surface area (Å²) >= 11 is 0.524. The van der Waals surface area contributed by atoms with Gasteiger partial charge in [0.05, 0.1) is 0 Å². The first-order valence-electron chi connectivity index (χ1n) is 6.37. The number of hydrogen-bond acceptors (Lipinski definition) is 2. The number of rotatable bonds is 8. The second kappa shape index (κ2) is 8.45. The standard InChI is InChI=1S/C14H14F6OS/c15-8-10(16)11(17)12(18)14(19,20)6-7-22-13(21)9-4-2-1-3-5-9/h1-5,10-12H,6-8H2. The van der Waals surface area contributed by atoms with Crippen molar-refractivity contribution in [2.75, 3.05) is 12.4 Å². The minimum Gasteiger partial charge on any atom is -0.282 e. The third kappa shape index (κ3) is 5.23. The van der Waals surface area contributed by atoms with Gasteiger partial charge in [-0.05, 0) is 0 Å². The Hall–Kier alpha value is -1.18. The first-order chi connectivity index (χ1) is 10.3. The molecular formula is C14H14F6OS. The van der Waals surface area contributed by atoms with Gasteiger partial charge in [0.1, 0.15) is 6.67 Å². The summed E-state index contributed by atoms with van der Waals surface area (Å²) in [6.45, 7) is -1.88. The maximum absolute atomic E-state index is 13.4. The lowest BCUT2D eigenvalue weighted by Crippen LogP contribution is -2.42. The third-order valence-electron chi connectivity index (χ3n) is 2.85. The van der Waals surface area contributed by atoms with E-state index >= 15 is 0 Å². The summed E-state index contributed by atoms with van der Waals surface area (Å²) in [6, 6.07) is 7.82. The molecule has 0 fully saturated rings. The lowest BCUT2D eigenvalue weighted by atomic mass is 10.0. The topological polar surface area (TPSA) is 17.1 Å². The molecule has 22 heavy (non-hydrogen) atoms. The molecule has 3 unspecified atom stereocenters. The summed E-state index contributed by atoms with van der Waals surface area (Å²) in [6.07, 6.45) is -10.8. The molecule has 0 heterocycles. The van der Waals surface area contributed by atoms with Gasteiger partial charge in [-0.2, -0.15) is 0 Å². The van der Waals surface area contributed by atoms with Crippen molar-refractivity contribution in [2.24, 2.45) is 0 Å². The summed E-state index contributed by atoms with van der Waals surface area (Å²) in [5, 5.41) is -0.490. The van der Waals surface area contributed by atoms with Gasteiger partial charge in [0.2, 0.25) is 5.12 Å². The van der Waals surface area contributed by atoms with Gasteiger partial charge in [0.25, 0.3) is 5.92 Å². The molecule has 0 aliphatic carbocycles. The molecule has 0 aliphatic heterocycles. The average molecular weight is 344 g/mol. The van der Waals surface area contributed by atoms with E-state index in [2.05, 4.69) is 0 Å². The fourth-order valence-electron chi connectivity index (χ4n) is 1.58. The summed E-state index contributed by atoms with van der Waals surface area (Å²) in [5.74, 6) is -4.65. The Bertz CT molecular complexity index is 470. The smallest absolute Gasteiger partial charge is 0.282 e. The van der Waals surface area contributed by atoms with Gasteiger partial charge >= 0.3 is 0 Å². The Kier molecular flexibility index (Phi) is 7.25. The minimum absolute atomic E-state index is 0.289. The molecule has 0 N–H and O–H groups in total. The maximum Gasteiger partial charge on any atom is 0.282 e. The molecule has 0 radical (unpaired) electrons. The average Bonchev–Trinajstić information content (AvgIpc) is 2.53. The summed E-state index contributed by atoms with van der Waals surface area (Å²) in [5.41, 5.74) is 0.289. The fourth-order valence-corrected chi connectivity index (χ4v) is 2.44. The molecule has 0 spiro atoms. The van der Waals surface area contributed by atoms with Crippen molar-refractivity contribution in [2.45, 2.75) is 30.9 Å². The number of thioether (sulfide) groups is 1. The first-order valence-corrected chi connectivity index (χ1v) is 7.36. The molecule has 1 rings (SSSR count). The first kappa shape index (κ1) is 18.9. The number of halogens is 6. The second-order valence-corrected chi connectivity index (χ2v) is 5.60. The normalized spacial score (nSPS) is 16.1. The van der Waals surface area contributed by atoms with Gasteiger partial charge in [-0.3, -0.25) is 4.79 Å². The number of benzene rings is 1. The van der Waals surface area contributed by atoms with Gasteiger partial charge in [-0.25, -0.2) is 26.3 Å². The van der Waals surface area contributed by atoms with Gasteiger partial charge in [-0.15, -0.1) is 0 Å². The molecule has 1 aromatic carbocycles. The van der Waals surface area contributed by atoms with E-state index in [0.717, 1.165) is 0 Å². The molecule has 0 aromatic heterocycles. The lowest BCUT2D eigenvalue weighted by Gasteiger charge is -2.24. The van der Waals surface area contributed by atoms with E-state index in [4.69, 9.17) is 0 Å². The van der Waals surface area contributed by atoms with E-state index in [9.17, 15) is 31.1 Å². The molecule has 8 heteroatoms. The zero-order valence-corrected chi connectivity index (χ0v) is 12.1. The van der Waals surface area contributed by atoms with Crippen molar-refractivity contribution >= 4 is 16.9 Å². The molecule has 3 atom stereocenters. The summed E-state index contributed by atoms with van der Waals surface area (Å²) in [4.78, 5) is 11.6. The van der Waals surface area contributed by atoms with E-state index in [1.165, 1.54) is 12.1 Å². The molecule has 0 saturated carbocycles. The Balaban J connectivity index is 2.50. The highest BCUT2D eigenvalue weighted by atomic mass is 32.2. The van der Waals surface area contributed by atoms with Crippen LogP contribution in [-0.4, -0.2) is 42.0 Å². The third-order valence-corrected chi connectivity index (χ3v) is 3.76. The molecule has 0 amide bonds. The van der Waals surface area contributed by atoms with Crippen LogP contribution in [0.15, 0.2) is 30.3 Å². The fraction of sp³-hybridized carbons (Fsp3) is 0.500. The molecule has 1 aromatic rings. The monoisotopic (exact) mass is 344 g/mol. The van der Waals surface area contributed by atoms with Crippen LogP contribution >= 0.6 is 11.8 Å². The van der Waals surface area contributed by atoms with Crippen molar-refractivity contribution < 1.29 is 31.1 Å². The van der Waals surface area contributed by atoms with Crippen LogP contribution in [0.4, 0.5) is 26.3 Å². The van der Waals surface area contributed by atoms with Crippen LogP contribution in [0, 0.1) is 0 Å². The van der Waals surface area contributed by atoms with Gasteiger partial charge in [0.15, 0.2) is 18.5 Å². The number of carbonyl (C=O) groups excluding carboxylic acids is 1. The van der Waals surface area contributed by atoms with Crippen LogP contribution in [0.25, 0.3) is 0 Å². The number of alkyl halides is 6. The van der Waals surface area contributed by atoms with Gasteiger partial charge < -0.3 is 0 Å². The van der Waals surface area contributed by atoms with Crippen LogP contribution in [0.2, 0.25) is 0 Å². The van der Waals surface area contributed by atoms with Crippen molar-refractivity contribution in [3.63, 3.8) is 0 Å². The second-order valence-electron chi connectivity index (χ2n) is 4.53. The largest absolute Gasteiger partial charge is 0.282 e. The molecule has 0 aliphatic rings. The predicted molar refractivity (Wildman–Crippen MR) is 73.5 cm³/mol. The summed E-state index contributed by atoms with van der Waals surface area (Å²) < 4.78 is 77.5. The van der Waals surface area contributed by atoms with Crippen LogP contribution < -0.4 is 0 Å². The number of carbonyl (C=O) groups is 1. The van der Waals surface area contributed by atoms with Crippen molar-refractivity contribution in [1.82, 2.24) is 0 Å². The van der Waals surface area contributed by atoms with Crippen molar-refractivity contribution in [3.8, 4) is 0 Å². The maximum atomic E-state index is 13.4. The minimum atomic E-state index is -4.18. The Morgan fingerprint density at radius 3 is 2.27 bits per heavy atom. The molecule has 124 valence electrons. The summed E-state index contributed by atoms with van der Waals surface area (Å²) in [7, 11) is 0. The predicted octanol–water partition coefficient (Wildman–Crippen LogP) is 4.57. The SMILES string of the molecule is O=C(SCCC(F)(F)C(F)C(F)C(F)CF)c1ccccc1. The van der Waals surface area contributed by atoms with Crippen LogP contribution in [0.5, 0.6) is 0 Å². The molecule has 1 nitrogen and oxygen atoms in total. The zero-order valence-electron chi connectivity index (χ0n) is 11.3. The quantitative estimate of drug-likeness (QED) is 0.643. The van der Waals surface area contributed by atoms with Crippen molar-refractivity contribution in [3.05, 3.63) is 35.9 Å². The van der Waals surface area contributed by atoms with E-state index < -0.39 is 48.4 Å². The van der Waals surface area contributed by atoms with Gasteiger partial charge in [-0.1, -0.05) is 42.1 Å². The Morgan fingerprint density at radius 2 is 1.73 bits per heavy atom. The van der Waals surface area contributed by atoms with E-state index in [-0.39, 0.29) is 5.56 Å². The molecular weight excluding hydrogens is 330 g/mol. The highest BCUT2D eigenvalue weighted by molar-refractivity contribution is 8.14. The van der Waals surface area contributed by atoms with E-state index in [1.54, 1.807) is 18.2 Å². The Morgan fingerprint density at radius 1 is 1.14 bits per heavy atom. The number of hydrogen-bond donors (Lipinski definition) is 0. The molecule has 0 bridgehead atoms. The van der Waals surface area contributed by atoms with Crippen LogP contribution in [-0.2, 0) is 0 Å². The van der Waals surface area contributed by atoms with Crippen LogP contribution in [0.3, 0.4) is 0 Å². The van der Waals surface area contributed by atoms with Gasteiger partial charge in [0, 0.05) is 17.7 Å². The highest BCUT2D eigenvalue weighted by Gasteiger charge is 2.48. The zero-order chi connectivity index (χ0) is 16.8.